The van der Waals surface area contributed by atoms with Crippen LogP contribution in [-0.2, 0) is 9.59 Å². The van der Waals surface area contributed by atoms with Crippen molar-refractivity contribution in [3.05, 3.63) is 65.9 Å². The first-order chi connectivity index (χ1) is 13.4. The molecular formula is C22H24N2O4. The maximum Gasteiger partial charge on any atom is 0.282 e. The first-order valence-electron chi connectivity index (χ1n) is 9.21. The van der Waals surface area contributed by atoms with E-state index in [0.29, 0.717) is 22.6 Å². The molecule has 6 heteroatoms. The molecule has 3 rings (SSSR count). The van der Waals surface area contributed by atoms with Gasteiger partial charge in [-0.25, -0.2) is 4.90 Å². The Hall–Kier alpha value is -3.12. The van der Waals surface area contributed by atoms with Crippen molar-refractivity contribution < 1.29 is 19.4 Å². The highest BCUT2D eigenvalue weighted by molar-refractivity contribution is 6.45. The van der Waals surface area contributed by atoms with E-state index in [4.69, 9.17) is 4.74 Å². The van der Waals surface area contributed by atoms with Gasteiger partial charge < -0.3 is 14.7 Å². The molecule has 28 heavy (non-hydrogen) atoms. The number of ether oxygens (including phenoxy) is 1. The van der Waals surface area contributed by atoms with Gasteiger partial charge in [0.15, 0.2) is 0 Å². The molecule has 0 aliphatic carbocycles. The molecule has 146 valence electrons. The first kappa shape index (κ1) is 19.6. The van der Waals surface area contributed by atoms with E-state index in [0.717, 1.165) is 0 Å². The summed E-state index contributed by atoms with van der Waals surface area (Å²) in [5.74, 6) is -0.113. The molecule has 1 aliphatic rings. The number of carbonyl (C=O) groups excluding carboxylic acids is 2. The number of aliphatic hydroxyl groups is 1. The van der Waals surface area contributed by atoms with E-state index < -0.39 is 5.91 Å². The van der Waals surface area contributed by atoms with Gasteiger partial charge in [-0.05, 0) is 43.7 Å². The molecule has 1 aliphatic heterocycles. The number of rotatable bonds is 7. The fourth-order valence-electron chi connectivity index (χ4n) is 3.18. The van der Waals surface area contributed by atoms with Gasteiger partial charge in [0.05, 0.1) is 24.0 Å². The second-order valence-corrected chi connectivity index (χ2v) is 6.84. The van der Waals surface area contributed by atoms with Gasteiger partial charge in [0.1, 0.15) is 11.4 Å². The highest BCUT2D eigenvalue weighted by Crippen LogP contribution is 2.34. The number of amides is 2. The summed E-state index contributed by atoms with van der Waals surface area (Å²) in [5.41, 5.74) is 1.77. The zero-order valence-corrected chi connectivity index (χ0v) is 16.3. The summed E-state index contributed by atoms with van der Waals surface area (Å²) in [6, 6.07) is 16.0. The summed E-state index contributed by atoms with van der Waals surface area (Å²) in [4.78, 5) is 29.2. The molecule has 1 N–H and O–H groups in total. The second-order valence-electron chi connectivity index (χ2n) is 6.84. The summed E-state index contributed by atoms with van der Waals surface area (Å²) in [6.45, 7) is 3.99. The Balaban J connectivity index is 2.00. The first-order valence-corrected chi connectivity index (χ1v) is 9.21. The largest absolute Gasteiger partial charge is 0.491 e. The third-order valence-electron chi connectivity index (χ3n) is 4.41. The number of imide groups is 1. The summed E-state index contributed by atoms with van der Waals surface area (Å²) in [6.07, 6.45) is 0.0333. The van der Waals surface area contributed by atoms with Crippen molar-refractivity contribution in [2.75, 3.05) is 25.1 Å². The molecule has 6 nitrogen and oxygen atoms in total. The number of carbonyl (C=O) groups is 2. The van der Waals surface area contributed by atoms with Crippen LogP contribution in [0.4, 0.5) is 5.69 Å². The minimum atomic E-state index is -0.405. The van der Waals surface area contributed by atoms with E-state index in [1.54, 1.807) is 48.3 Å². The van der Waals surface area contributed by atoms with Gasteiger partial charge in [-0.1, -0.05) is 30.3 Å². The predicted molar refractivity (Wildman–Crippen MR) is 108 cm³/mol. The monoisotopic (exact) mass is 380 g/mol. The Morgan fingerprint density at radius 1 is 1.00 bits per heavy atom. The van der Waals surface area contributed by atoms with Crippen LogP contribution in [0.5, 0.6) is 5.75 Å². The number of nitrogens with zero attached hydrogens (tertiary/aromatic N) is 2. The molecule has 1 heterocycles. The molecule has 0 bridgehead atoms. The lowest BCUT2D eigenvalue weighted by atomic mass is 10.0. The van der Waals surface area contributed by atoms with Gasteiger partial charge in [0, 0.05) is 13.6 Å². The molecule has 0 radical (unpaired) electrons. The second kappa shape index (κ2) is 8.27. The van der Waals surface area contributed by atoms with E-state index >= 15 is 0 Å². The molecule has 0 saturated carbocycles. The zero-order valence-electron chi connectivity index (χ0n) is 16.3. The lowest BCUT2D eigenvalue weighted by molar-refractivity contribution is -0.120. The zero-order chi connectivity index (χ0) is 20.3. The molecule has 0 fully saturated rings. The maximum atomic E-state index is 13.2. The summed E-state index contributed by atoms with van der Waals surface area (Å²) in [5, 5.41) is 9.30. The van der Waals surface area contributed by atoms with Crippen LogP contribution < -0.4 is 9.64 Å². The number of hydrogen-bond acceptors (Lipinski definition) is 5. The Morgan fingerprint density at radius 3 is 2.21 bits per heavy atom. The van der Waals surface area contributed by atoms with Crippen molar-refractivity contribution in [1.82, 2.24) is 4.90 Å². The minimum Gasteiger partial charge on any atom is -0.491 e. The Kier molecular flexibility index (Phi) is 5.80. The van der Waals surface area contributed by atoms with Gasteiger partial charge >= 0.3 is 0 Å². The molecule has 0 unspecified atom stereocenters. The molecule has 0 spiro atoms. The Labute approximate surface area is 164 Å². The van der Waals surface area contributed by atoms with E-state index in [9.17, 15) is 14.7 Å². The molecule has 2 amide bonds. The molecule has 0 aromatic heterocycles. The third kappa shape index (κ3) is 3.77. The predicted octanol–water partition coefficient (Wildman–Crippen LogP) is 2.68. The van der Waals surface area contributed by atoms with Gasteiger partial charge in [-0.3, -0.25) is 9.59 Å². The fraction of sp³-hybridized carbons (Fsp3) is 0.273. The molecule has 2 aromatic carbocycles. The van der Waals surface area contributed by atoms with Crippen LogP contribution in [0, 0.1) is 0 Å². The number of hydrogen-bond donors (Lipinski definition) is 1. The quantitative estimate of drug-likeness (QED) is 0.748. The van der Waals surface area contributed by atoms with Gasteiger partial charge in [0.2, 0.25) is 0 Å². The number of benzene rings is 2. The highest BCUT2D eigenvalue weighted by Gasteiger charge is 2.41. The van der Waals surface area contributed by atoms with Crippen LogP contribution in [0.2, 0.25) is 0 Å². The van der Waals surface area contributed by atoms with E-state index in [1.165, 1.54) is 4.90 Å². The van der Waals surface area contributed by atoms with Crippen molar-refractivity contribution >= 4 is 23.1 Å². The maximum absolute atomic E-state index is 13.2. The van der Waals surface area contributed by atoms with Gasteiger partial charge in [0.25, 0.3) is 11.8 Å². The summed E-state index contributed by atoms with van der Waals surface area (Å²) in [7, 11) is 1.70. The van der Waals surface area contributed by atoms with Crippen molar-refractivity contribution in [3.63, 3.8) is 0 Å². The lowest BCUT2D eigenvalue weighted by Crippen LogP contribution is -2.34. The van der Waals surface area contributed by atoms with E-state index in [1.807, 2.05) is 32.0 Å². The Bertz CT molecular complexity index is 889. The average molecular weight is 380 g/mol. The molecule has 2 aromatic rings. The number of aliphatic hydroxyl groups excluding tert-OH is 1. The van der Waals surface area contributed by atoms with Crippen LogP contribution in [-0.4, -0.2) is 48.1 Å². The van der Waals surface area contributed by atoms with Crippen molar-refractivity contribution in [2.45, 2.75) is 20.0 Å². The molecule has 0 saturated heterocycles. The SMILES string of the molecule is CC(C)Oc1ccc(N2C(=O)C(c3ccccc3)=C(N(C)CCO)C2=O)cc1. The topological polar surface area (TPSA) is 70.1 Å². The third-order valence-corrected chi connectivity index (χ3v) is 4.41. The number of anilines is 1. The summed E-state index contributed by atoms with van der Waals surface area (Å²) < 4.78 is 5.63. The van der Waals surface area contributed by atoms with Crippen molar-refractivity contribution in [2.24, 2.45) is 0 Å². The van der Waals surface area contributed by atoms with Crippen molar-refractivity contribution in [3.8, 4) is 5.75 Å². The van der Waals surface area contributed by atoms with Crippen LogP contribution >= 0.6 is 0 Å². The van der Waals surface area contributed by atoms with Crippen LogP contribution in [0.15, 0.2) is 60.3 Å². The molecular weight excluding hydrogens is 356 g/mol. The lowest BCUT2D eigenvalue weighted by Gasteiger charge is -2.20. The number of likely N-dealkylation sites (N-methyl/N-ethyl adjacent to an activating group) is 1. The fourth-order valence-corrected chi connectivity index (χ4v) is 3.18. The molecule has 0 atom stereocenters. The van der Waals surface area contributed by atoms with E-state index in [2.05, 4.69) is 0 Å². The van der Waals surface area contributed by atoms with Crippen molar-refractivity contribution in [1.29, 1.82) is 0 Å². The minimum absolute atomic E-state index is 0.0333. The normalized spacial score (nSPS) is 14.2. The average Bonchev–Trinajstić information content (AvgIpc) is 2.93. The highest BCUT2D eigenvalue weighted by atomic mass is 16.5. The standard InChI is InChI=1S/C22H24N2O4/c1-15(2)28-18-11-9-17(10-12-18)24-21(26)19(16-7-5-4-6-8-16)20(22(24)27)23(3)13-14-25/h4-12,15,25H,13-14H2,1-3H3. The van der Waals surface area contributed by atoms with Crippen LogP contribution in [0.3, 0.4) is 0 Å². The Morgan fingerprint density at radius 2 is 1.64 bits per heavy atom. The van der Waals surface area contributed by atoms with Gasteiger partial charge in [-0.2, -0.15) is 0 Å². The van der Waals surface area contributed by atoms with Crippen LogP contribution in [0.1, 0.15) is 19.4 Å². The van der Waals surface area contributed by atoms with Crippen LogP contribution in [0.25, 0.3) is 5.57 Å². The van der Waals surface area contributed by atoms with E-state index in [-0.39, 0.29) is 30.9 Å². The smallest absolute Gasteiger partial charge is 0.282 e. The van der Waals surface area contributed by atoms with Gasteiger partial charge in [-0.15, -0.1) is 0 Å². The summed E-state index contributed by atoms with van der Waals surface area (Å²) >= 11 is 0.